The molecular formula is C10H14N2O3. The molecule has 1 aliphatic rings. The monoisotopic (exact) mass is 210 g/mol. The van der Waals surface area contributed by atoms with Crippen molar-refractivity contribution < 1.29 is 14.3 Å². The van der Waals surface area contributed by atoms with Gasteiger partial charge in [-0.3, -0.25) is 9.59 Å². The van der Waals surface area contributed by atoms with Crippen molar-refractivity contribution in [3.05, 3.63) is 0 Å². The van der Waals surface area contributed by atoms with Gasteiger partial charge in [-0.15, -0.1) is 0 Å². The van der Waals surface area contributed by atoms with E-state index in [1.165, 1.54) is 11.9 Å². The summed E-state index contributed by atoms with van der Waals surface area (Å²) in [4.78, 5) is 24.0. The molecule has 15 heavy (non-hydrogen) atoms. The highest BCUT2D eigenvalue weighted by Gasteiger charge is 2.52. The fourth-order valence-corrected chi connectivity index (χ4v) is 1.34. The Morgan fingerprint density at radius 2 is 2.13 bits per heavy atom. The molecule has 0 unspecified atom stereocenters. The molecule has 0 heterocycles. The smallest absolute Gasteiger partial charge is 0.325 e. The first-order valence-corrected chi connectivity index (χ1v) is 4.88. The van der Waals surface area contributed by atoms with Crippen LogP contribution in [0.1, 0.15) is 19.8 Å². The van der Waals surface area contributed by atoms with E-state index in [0.717, 1.165) is 0 Å². The van der Waals surface area contributed by atoms with Gasteiger partial charge < -0.3 is 9.64 Å². The van der Waals surface area contributed by atoms with E-state index in [0.29, 0.717) is 19.4 Å². The summed E-state index contributed by atoms with van der Waals surface area (Å²) in [6, 6.07) is 2.00. The van der Waals surface area contributed by atoms with Gasteiger partial charge >= 0.3 is 5.97 Å². The molecule has 0 saturated heterocycles. The molecule has 0 aromatic heterocycles. The third kappa shape index (κ3) is 2.46. The average molecular weight is 210 g/mol. The van der Waals surface area contributed by atoms with Gasteiger partial charge in [0.05, 0.1) is 12.7 Å². The molecule has 1 fully saturated rings. The minimum atomic E-state index is -0.860. The highest BCUT2D eigenvalue weighted by atomic mass is 16.5. The SMILES string of the molecule is CCOC(=O)CN(C)C(=O)C1(C#N)CC1. The number of carbonyl (C=O) groups is 2. The van der Waals surface area contributed by atoms with E-state index >= 15 is 0 Å². The van der Waals surface area contributed by atoms with Gasteiger partial charge in [-0.1, -0.05) is 0 Å². The lowest BCUT2D eigenvalue weighted by atomic mass is 10.1. The number of ether oxygens (including phenoxy) is 1. The van der Waals surface area contributed by atoms with Gasteiger partial charge in [-0.25, -0.2) is 0 Å². The van der Waals surface area contributed by atoms with Crippen LogP contribution in [0.25, 0.3) is 0 Å². The van der Waals surface area contributed by atoms with E-state index in [1.807, 2.05) is 6.07 Å². The molecule has 0 spiro atoms. The van der Waals surface area contributed by atoms with Gasteiger partial charge in [0.25, 0.3) is 0 Å². The Balaban J connectivity index is 2.48. The number of amides is 1. The van der Waals surface area contributed by atoms with Crippen LogP contribution < -0.4 is 0 Å². The van der Waals surface area contributed by atoms with E-state index in [9.17, 15) is 9.59 Å². The molecule has 0 aromatic rings. The molecule has 0 aromatic carbocycles. The maximum Gasteiger partial charge on any atom is 0.325 e. The second kappa shape index (κ2) is 4.30. The van der Waals surface area contributed by atoms with Gasteiger partial charge in [-0.05, 0) is 19.8 Å². The summed E-state index contributed by atoms with van der Waals surface area (Å²) in [7, 11) is 1.51. The summed E-state index contributed by atoms with van der Waals surface area (Å²) in [5.41, 5.74) is -0.860. The van der Waals surface area contributed by atoms with Crippen molar-refractivity contribution in [2.24, 2.45) is 5.41 Å². The Labute approximate surface area is 88.6 Å². The quantitative estimate of drug-likeness (QED) is 0.626. The molecule has 1 saturated carbocycles. The Bertz CT molecular complexity index is 315. The van der Waals surface area contributed by atoms with Gasteiger partial charge in [0.2, 0.25) is 5.91 Å². The average Bonchev–Trinajstić information content (AvgIpc) is 2.97. The predicted molar refractivity (Wildman–Crippen MR) is 51.6 cm³/mol. The van der Waals surface area contributed by atoms with Crippen LogP contribution in [-0.2, 0) is 14.3 Å². The summed E-state index contributed by atoms with van der Waals surface area (Å²) in [5, 5.41) is 8.80. The van der Waals surface area contributed by atoms with Crippen molar-refractivity contribution in [2.75, 3.05) is 20.2 Å². The van der Waals surface area contributed by atoms with Gasteiger partial charge in [0, 0.05) is 7.05 Å². The minimum Gasteiger partial charge on any atom is -0.465 e. The van der Waals surface area contributed by atoms with Crippen molar-refractivity contribution in [3.63, 3.8) is 0 Å². The molecule has 1 rings (SSSR count). The molecule has 0 bridgehead atoms. The zero-order chi connectivity index (χ0) is 11.5. The summed E-state index contributed by atoms with van der Waals surface area (Å²) >= 11 is 0. The molecule has 0 atom stereocenters. The lowest BCUT2D eigenvalue weighted by Crippen LogP contribution is -2.37. The zero-order valence-corrected chi connectivity index (χ0v) is 8.95. The maximum absolute atomic E-state index is 11.7. The van der Waals surface area contributed by atoms with Crippen molar-refractivity contribution in [2.45, 2.75) is 19.8 Å². The van der Waals surface area contributed by atoms with Crippen LogP contribution in [0.15, 0.2) is 0 Å². The number of likely N-dealkylation sites (N-methyl/N-ethyl adjacent to an activating group) is 1. The standard InChI is InChI=1S/C10H14N2O3/c1-3-15-8(13)6-12(2)9(14)10(7-11)4-5-10/h3-6H2,1-2H3. The third-order valence-corrected chi connectivity index (χ3v) is 2.39. The second-order valence-electron chi connectivity index (χ2n) is 3.66. The van der Waals surface area contributed by atoms with Crippen molar-refractivity contribution in [1.29, 1.82) is 5.26 Å². The third-order valence-electron chi connectivity index (χ3n) is 2.39. The van der Waals surface area contributed by atoms with Crippen molar-refractivity contribution in [1.82, 2.24) is 4.90 Å². The normalized spacial score (nSPS) is 16.3. The summed E-state index contributed by atoms with van der Waals surface area (Å²) in [5.74, 6) is -0.722. The van der Waals surface area contributed by atoms with Crippen molar-refractivity contribution >= 4 is 11.9 Å². The van der Waals surface area contributed by atoms with Crippen LogP contribution in [0.4, 0.5) is 0 Å². The van der Waals surface area contributed by atoms with E-state index in [2.05, 4.69) is 0 Å². The molecule has 5 nitrogen and oxygen atoms in total. The first kappa shape index (κ1) is 11.5. The summed E-state index contributed by atoms with van der Waals surface area (Å²) < 4.78 is 4.71. The molecule has 82 valence electrons. The first-order chi connectivity index (χ1) is 7.05. The van der Waals surface area contributed by atoms with E-state index in [4.69, 9.17) is 10.00 Å². The topological polar surface area (TPSA) is 70.4 Å². The summed E-state index contributed by atoms with van der Waals surface area (Å²) in [6.07, 6.45) is 1.19. The van der Waals surface area contributed by atoms with Crippen LogP contribution >= 0.6 is 0 Å². The van der Waals surface area contributed by atoms with E-state index in [1.54, 1.807) is 6.92 Å². The van der Waals surface area contributed by atoms with Gasteiger partial charge in [0.15, 0.2) is 0 Å². The largest absolute Gasteiger partial charge is 0.465 e. The predicted octanol–water partition coefficient (Wildman–Crippen LogP) is 0.312. The Morgan fingerprint density at radius 1 is 1.53 bits per heavy atom. The zero-order valence-electron chi connectivity index (χ0n) is 8.95. The molecule has 0 aliphatic heterocycles. The fraction of sp³-hybridized carbons (Fsp3) is 0.700. The van der Waals surface area contributed by atoms with E-state index < -0.39 is 11.4 Å². The second-order valence-corrected chi connectivity index (χ2v) is 3.66. The lowest BCUT2D eigenvalue weighted by molar-refractivity contribution is -0.149. The van der Waals surface area contributed by atoms with Crippen LogP contribution in [0.3, 0.4) is 0 Å². The molecule has 5 heteroatoms. The Morgan fingerprint density at radius 3 is 2.53 bits per heavy atom. The molecule has 0 radical (unpaired) electrons. The van der Waals surface area contributed by atoms with Crippen molar-refractivity contribution in [3.8, 4) is 6.07 Å². The lowest BCUT2D eigenvalue weighted by Gasteiger charge is -2.18. The molecular weight excluding hydrogens is 196 g/mol. The number of nitrogens with zero attached hydrogens (tertiary/aromatic N) is 2. The number of esters is 1. The van der Waals surface area contributed by atoms with Crippen LogP contribution in [0.2, 0.25) is 0 Å². The highest BCUT2D eigenvalue weighted by Crippen LogP contribution is 2.46. The number of carbonyl (C=O) groups excluding carboxylic acids is 2. The minimum absolute atomic E-state index is 0.0872. The van der Waals surface area contributed by atoms with Gasteiger partial charge in [0.1, 0.15) is 12.0 Å². The van der Waals surface area contributed by atoms with Crippen LogP contribution in [0.5, 0.6) is 0 Å². The van der Waals surface area contributed by atoms with Crippen LogP contribution in [-0.4, -0.2) is 37.0 Å². The Hall–Kier alpha value is -1.57. The highest BCUT2D eigenvalue weighted by molar-refractivity contribution is 5.90. The Kier molecular flexibility index (Phi) is 3.30. The molecule has 1 amide bonds. The number of nitriles is 1. The maximum atomic E-state index is 11.7. The molecule has 1 aliphatic carbocycles. The van der Waals surface area contributed by atoms with E-state index in [-0.39, 0.29) is 12.5 Å². The summed E-state index contributed by atoms with van der Waals surface area (Å²) in [6.45, 7) is 1.91. The number of hydrogen-bond donors (Lipinski definition) is 0. The van der Waals surface area contributed by atoms with Gasteiger partial charge in [-0.2, -0.15) is 5.26 Å². The first-order valence-electron chi connectivity index (χ1n) is 4.88. The fourth-order valence-electron chi connectivity index (χ4n) is 1.34. The number of rotatable bonds is 4. The number of hydrogen-bond acceptors (Lipinski definition) is 4. The van der Waals surface area contributed by atoms with Crippen LogP contribution in [0, 0.1) is 16.7 Å². The molecule has 0 N–H and O–H groups in total.